The molecule has 3 rings (SSSR count). The highest BCUT2D eigenvalue weighted by molar-refractivity contribution is 7.09. The monoisotopic (exact) mass is 390 g/mol. The Morgan fingerprint density at radius 1 is 1.38 bits per heavy atom. The second kappa shape index (κ2) is 8.33. The fraction of sp³-hybridized carbons (Fsp3) is 0.278. The van der Waals surface area contributed by atoms with Crippen molar-refractivity contribution in [3.8, 4) is 11.6 Å². The molecule has 1 amide bonds. The molecule has 2 heterocycles. The van der Waals surface area contributed by atoms with Crippen LogP contribution < -0.4 is 10.1 Å². The SMILES string of the molecule is CCc1nc(CNC(=O)C(C)Oc2nn(-c3ccccc3)cc2Cl)cs1. The van der Waals surface area contributed by atoms with Gasteiger partial charge in [-0.1, -0.05) is 36.7 Å². The molecule has 0 aliphatic rings. The van der Waals surface area contributed by atoms with Gasteiger partial charge in [-0.25, -0.2) is 9.67 Å². The Labute approximate surface area is 160 Å². The van der Waals surface area contributed by atoms with Crippen LogP contribution in [0.5, 0.6) is 5.88 Å². The molecule has 1 unspecified atom stereocenters. The first-order valence-electron chi connectivity index (χ1n) is 8.25. The molecule has 0 bridgehead atoms. The number of nitrogens with one attached hydrogen (secondary N) is 1. The van der Waals surface area contributed by atoms with Crippen LogP contribution in [0.2, 0.25) is 5.02 Å². The molecule has 0 saturated carbocycles. The van der Waals surface area contributed by atoms with E-state index in [-0.39, 0.29) is 11.8 Å². The van der Waals surface area contributed by atoms with Crippen molar-refractivity contribution < 1.29 is 9.53 Å². The summed E-state index contributed by atoms with van der Waals surface area (Å²) >= 11 is 7.78. The van der Waals surface area contributed by atoms with Gasteiger partial charge in [0.05, 0.1) is 29.1 Å². The Morgan fingerprint density at radius 2 is 2.15 bits per heavy atom. The first-order chi connectivity index (χ1) is 12.6. The number of aryl methyl sites for hydroxylation is 1. The number of thiazole rings is 1. The topological polar surface area (TPSA) is 69.0 Å². The van der Waals surface area contributed by atoms with Crippen molar-refractivity contribution in [3.05, 3.63) is 57.6 Å². The van der Waals surface area contributed by atoms with Gasteiger partial charge in [0.1, 0.15) is 5.02 Å². The second-order valence-electron chi connectivity index (χ2n) is 5.63. The highest BCUT2D eigenvalue weighted by Gasteiger charge is 2.19. The number of para-hydroxylation sites is 1. The van der Waals surface area contributed by atoms with Gasteiger partial charge in [0.15, 0.2) is 6.10 Å². The molecule has 0 spiro atoms. The van der Waals surface area contributed by atoms with Crippen LogP contribution in [0.4, 0.5) is 0 Å². The molecular weight excluding hydrogens is 372 g/mol. The minimum Gasteiger partial charge on any atom is -0.462 e. The molecule has 0 radical (unpaired) electrons. The van der Waals surface area contributed by atoms with E-state index in [9.17, 15) is 4.79 Å². The Morgan fingerprint density at radius 3 is 2.85 bits per heavy atom. The van der Waals surface area contributed by atoms with Crippen molar-refractivity contribution in [2.75, 3.05) is 0 Å². The lowest BCUT2D eigenvalue weighted by Gasteiger charge is -2.12. The van der Waals surface area contributed by atoms with Crippen molar-refractivity contribution in [3.63, 3.8) is 0 Å². The zero-order valence-corrected chi connectivity index (χ0v) is 16.0. The Bertz CT molecular complexity index is 878. The molecule has 1 N–H and O–H groups in total. The Balaban J connectivity index is 1.59. The lowest BCUT2D eigenvalue weighted by atomic mass is 10.3. The number of amides is 1. The minimum absolute atomic E-state index is 0.222. The van der Waals surface area contributed by atoms with Crippen molar-refractivity contribution in [1.82, 2.24) is 20.1 Å². The van der Waals surface area contributed by atoms with Crippen LogP contribution in [0.25, 0.3) is 5.69 Å². The van der Waals surface area contributed by atoms with Gasteiger partial charge >= 0.3 is 0 Å². The van der Waals surface area contributed by atoms with Crippen LogP contribution in [-0.4, -0.2) is 26.8 Å². The van der Waals surface area contributed by atoms with Crippen LogP contribution in [0.15, 0.2) is 41.9 Å². The number of carbonyl (C=O) groups is 1. The van der Waals surface area contributed by atoms with Gasteiger partial charge < -0.3 is 10.1 Å². The Kier molecular flexibility index (Phi) is 5.90. The second-order valence-corrected chi connectivity index (χ2v) is 6.98. The number of carbonyl (C=O) groups excluding carboxylic acids is 1. The van der Waals surface area contributed by atoms with Crippen LogP contribution in [-0.2, 0) is 17.8 Å². The third-order valence-electron chi connectivity index (χ3n) is 3.66. The van der Waals surface area contributed by atoms with Crippen molar-refractivity contribution in [1.29, 1.82) is 0 Å². The lowest BCUT2D eigenvalue weighted by molar-refractivity contribution is -0.127. The van der Waals surface area contributed by atoms with E-state index >= 15 is 0 Å². The molecule has 0 aliphatic heterocycles. The molecule has 1 atom stereocenters. The van der Waals surface area contributed by atoms with E-state index in [1.165, 1.54) is 0 Å². The maximum Gasteiger partial charge on any atom is 0.261 e. The average molecular weight is 391 g/mol. The predicted molar refractivity (Wildman–Crippen MR) is 102 cm³/mol. The summed E-state index contributed by atoms with van der Waals surface area (Å²) < 4.78 is 7.25. The number of benzene rings is 1. The maximum atomic E-state index is 12.2. The minimum atomic E-state index is -0.726. The number of aromatic nitrogens is 3. The van der Waals surface area contributed by atoms with E-state index in [2.05, 4.69) is 22.3 Å². The fourth-order valence-electron chi connectivity index (χ4n) is 2.26. The summed E-state index contributed by atoms with van der Waals surface area (Å²) in [6, 6.07) is 9.54. The van der Waals surface area contributed by atoms with E-state index in [1.807, 2.05) is 35.7 Å². The van der Waals surface area contributed by atoms with Crippen LogP contribution in [0.3, 0.4) is 0 Å². The third kappa shape index (κ3) is 4.42. The molecule has 2 aromatic heterocycles. The van der Waals surface area contributed by atoms with E-state index in [0.29, 0.717) is 11.6 Å². The normalized spacial score (nSPS) is 12.0. The van der Waals surface area contributed by atoms with Crippen LogP contribution >= 0.6 is 22.9 Å². The van der Waals surface area contributed by atoms with Gasteiger partial charge in [0, 0.05) is 5.38 Å². The summed E-state index contributed by atoms with van der Waals surface area (Å²) in [4.78, 5) is 16.7. The largest absolute Gasteiger partial charge is 0.462 e. The van der Waals surface area contributed by atoms with Gasteiger partial charge in [0.2, 0.25) is 0 Å². The van der Waals surface area contributed by atoms with E-state index in [0.717, 1.165) is 22.8 Å². The highest BCUT2D eigenvalue weighted by Crippen LogP contribution is 2.25. The molecule has 1 aromatic carbocycles. The smallest absolute Gasteiger partial charge is 0.261 e. The van der Waals surface area contributed by atoms with Gasteiger partial charge in [-0.05, 0) is 25.5 Å². The fourth-order valence-corrected chi connectivity index (χ4v) is 3.18. The number of hydrogen-bond acceptors (Lipinski definition) is 5. The quantitative estimate of drug-likeness (QED) is 0.668. The van der Waals surface area contributed by atoms with Crippen molar-refractivity contribution >= 4 is 28.8 Å². The summed E-state index contributed by atoms with van der Waals surface area (Å²) in [6.07, 6.45) is 1.81. The average Bonchev–Trinajstić information content (AvgIpc) is 3.27. The van der Waals surface area contributed by atoms with E-state index in [4.69, 9.17) is 16.3 Å². The standard InChI is InChI=1S/C18H19ClN4O2S/c1-3-16-21-13(11-26-16)9-20-17(24)12(2)25-18-15(19)10-23(22-18)14-7-5-4-6-8-14/h4-8,10-12H,3,9H2,1-2H3,(H,20,24). The number of nitrogens with zero attached hydrogens (tertiary/aromatic N) is 3. The zero-order valence-electron chi connectivity index (χ0n) is 14.5. The van der Waals surface area contributed by atoms with Gasteiger partial charge in [-0.15, -0.1) is 16.4 Å². The first-order valence-corrected chi connectivity index (χ1v) is 9.50. The first kappa shape index (κ1) is 18.4. The van der Waals surface area contributed by atoms with Gasteiger partial charge in [-0.2, -0.15) is 0 Å². The number of rotatable bonds is 7. The summed E-state index contributed by atoms with van der Waals surface area (Å²) in [5, 5.41) is 10.5. The van der Waals surface area contributed by atoms with E-state index in [1.54, 1.807) is 29.1 Å². The Hall–Kier alpha value is -2.38. The number of ether oxygens (including phenoxy) is 1. The molecule has 0 fully saturated rings. The van der Waals surface area contributed by atoms with Gasteiger partial charge in [-0.3, -0.25) is 4.79 Å². The van der Waals surface area contributed by atoms with Crippen LogP contribution in [0.1, 0.15) is 24.5 Å². The van der Waals surface area contributed by atoms with Crippen molar-refractivity contribution in [2.45, 2.75) is 32.9 Å². The number of halogens is 1. The third-order valence-corrected chi connectivity index (χ3v) is 4.96. The molecule has 0 aliphatic carbocycles. The summed E-state index contributed by atoms with van der Waals surface area (Å²) in [5.41, 5.74) is 1.70. The molecule has 8 heteroatoms. The van der Waals surface area contributed by atoms with E-state index < -0.39 is 6.10 Å². The van der Waals surface area contributed by atoms with Gasteiger partial charge in [0.25, 0.3) is 11.8 Å². The molecule has 0 saturated heterocycles. The highest BCUT2D eigenvalue weighted by atomic mass is 35.5. The zero-order chi connectivity index (χ0) is 18.5. The molecule has 6 nitrogen and oxygen atoms in total. The summed E-state index contributed by atoms with van der Waals surface area (Å²) in [5.74, 6) is -0.0264. The molecule has 26 heavy (non-hydrogen) atoms. The van der Waals surface area contributed by atoms with Crippen LogP contribution in [0, 0.1) is 0 Å². The molecule has 3 aromatic rings. The predicted octanol–water partition coefficient (Wildman–Crippen LogP) is 3.63. The maximum absolute atomic E-state index is 12.2. The molecule has 136 valence electrons. The lowest BCUT2D eigenvalue weighted by Crippen LogP contribution is -2.36. The van der Waals surface area contributed by atoms with Crippen molar-refractivity contribution in [2.24, 2.45) is 0 Å². The number of hydrogen-bond donors (Lipinski definition) is 1. The summed E-state index contributed by atoms with van der Waals surface area (Å²) in [6.45, 7) is 4.08. The summed E-state index contributed by atoms with van der Waals surface area (Å²) in [7, 11) is 0. The molecular formula is C18H19ClN4O2S.